The molecule has 1 N–H and O–H groups in total. The van der Waals surface area contributed by atoms with Crippen LogP contribution >= 0.6 is 11.8 Å². The van der Waals surface area contributed by atoms with Crippen molar-refractivity contribution < 1.29 is 0 Å². The summed E-state index contributed by atoms with van der Waals surface area (Å²) < 4.78 is 0. The number of nitrogens with one attached hydrogen (secondary N) is 1. The van der Waals surface area contributed by atoms with E-state index in [1.165, 1.54) is 57.2 Å². The summed E-state index contributed by atoms with van der Waals surface area (Å²) in [6.07, 6.45) is 12.5. The number of hydrogen-bond donors (Lipinski definition) is 1. The Morgan fingerprint density at radius 1 is 1.13 bits per heavy atom. The van der Waals surface area contributed by atoms with Gasteiger partial charge in [0.2, 0.25) is 0 Å². The van der Waals surface area contributed by atoms with Gasteiger partial charge in [0.25, 0.3) is 0 Å². The minimum Gasteiger partial charge on any atom is -0.314 e. The van der Waals surface area contributed by atoms with Crippen molar-refractivity contribution in [2.45, 2.75) is 51.0 Å². The maximum Gasteiger partial charge on any atom is 0.00698 e. The lowest BCUT2D eigenvalue weighted by atomic mass is 9.83. The second-order valence-corrected chi connectivity index (χ2v) is 6.25. The van der Waals surface area contributed by atoms with Gasteiger partial charge in [0.15, 0.2) is 0 Å². The molecule has 2 aliphatic carbocycles. The van der Waals surface area contributed by atoms with Crippen molar-refractivity contribution in [3.8, 4) is 0 Å². The van der Waals surface area contributed by atoms with E-state index >= 15 is 0 Å². The molecular weight excluding hydrogens is 202 g/mol. The smallest absolute Gasteiger partial charge is 0.00698 e. The zero-order valence-corrected chi connectivity index (χ0v) is 10.8. The van der Waals surface area contributed by atoms with Crippen molar-refractivity contribution in [1.82, 2.24) is 5.32 Å². The van der Waals surface area contributed by atoms with Gasteiger partial charge in [-0.25, -0.2) is 0 Å². The Balaban J connectivity index is 1.59. The van der Waals surface area contributed by atoms with Crippen LogP contribution in [-0.4, -0.2) is 24.6 Å². The Kier molecular flexibility index (Phi) is 4.83. The summed E-state index contributed by atoms with van der Waals surface area (Å²) in [6.45, 7) is 1.24. The minimum absolute atomic E-state index is 0.853. The molecule has 0 saturated heterocycles. The van der Waals surface area contributed by atoms with Gasteiger partial charge in [-0.15, -0.1) is 0 Å². The van der Waals surface area contributed by atoms with Gasteiger partial charge in [0.1, 0.15) is 0 Å². The molecule has 0 aromatic heterocycles. The van der Waals surface area contributed by atoms with Crippen LogP contribution in [0.4, 0.5) is 0 Å². The Hall–Kier alpha value is 0.310. The van der Waals surface area contributed by atoms with Crippen LogP contribution < -0.4 is 5.32 Å². The lowest BCUT2D eigenvalue weighted by molar-refractivity contribution is 0.262. The predicted octanol–water partition coefficient (Wildman–Crippen LogP) is 3.30. The van der Waals surface area contributed by atoms with E-state index in [-0.39, 0.29) is 0 Å². The Bertz CT molecular complexity index is 179. The summed E-state index contributed by atoms with van der Waals surface area (Å²) in [5.41, 5.74) is 0. The molecule has 0 spiro atoms. The summed E-state index contributed by atoms with van der Waals surface area (Å²) in [6, 6.07) is 0.853. The average molecular weight is 227 g/mol. The lowest BCUT2D eigenvalue weighted by Gasteiger charge is -2.30. The summed E-state index contributed by atoms with van der Waals surface area (Å²) in [5, 5.41) is 3.76. The highest BCUT2D eigenvalue weighted by atomic mass is 32.2. The van der Waals surface area contributed by atoms with Crippen LogP contribution in [0, 0.1) is 11.8 Å². The van der Waals surface area contributed by atoms with Crippen molar-refractivity contribution in [3.05, 3.63) is 0 Å². The second kappa shape index (κ2) is 6.15. The first-order chi connectivity index (χ1) is 7.40. The first-order valence-electron chi connectivity index (χ1n) is 6.62. The summed E-state index contributed by atoms with van der Waals surface area (Å²) in [7, 11) is 0. The molecule has 0 heterocycles. The molecule has 2 saturated carbocycles. The first-order valence-corrected chi connectivity index (χ1v) is 8.02. The molecule has 2 atom stereocenters. The molecule has 0 aliphatic heterocycles. The molecule has 15 heavy (non-hydrogen) atoms. The molecule has 0 aromatic carbocycles. The predicted molar refractivity (Wildman–Crippen MR) is 69.5 cm³/mol. The van der Waals surface area contributed by atoms with E-state index in [1.807, 2.05) is 11.8 Å². The molecule has 2 unspecified atom stereocenters. The monoisotopic (exact) mass is 227 g/mol. The third-order valence-corrected chi connectivity index (χ3v) is 4.66. The molecule has 2 aliphatic rings. The van der Waals surface area contributed by atoms with Crippen molar-refractivity contribution >= 4 is 11.8 Å². The SMILES string of the molecule is CSCCCNC1CCCC(C2CC2)C1. The number of hydrogen-bond acceptors (Lipinski definition) is 2. The van der Waals surface area contributed by atoms with Crippen LogP contribution in [0.2, 0.25) is 0 Å². The number of thioether (sulfide) groups is 1. The van der Waals surface area contributed by atoms with Gasteiger partial charge in [-0.2, -0.15) is 11.8 Å². The molecule has 1 nitrogen and oxygen atoms in total. The molecule has 0 bridgehead atoms. The minimum atomic E-state index is 0.853. The zero-order valence-electron chi connectivity index (χ0n) is 10.0. The molecule has 0 radical (unpaired) electrons. The molecular formula is C13H25NS. The first kappa shape index (κ1) is 11.8. The van der Waals surface area contributed by atoms with Crippen LogP contribution in [-0.2, 0) is 0 Å². The maximum atomic E-state index is 3.76. The van der Waals surface area contributed by atoms with Crippen LogP contribution in [0.3, 0.4) is 0 Å². The van der Waals surface area contributed by atoms with E-state index in [4.69, 9.17) is 0 Å². The van der Waals surface area contributed by atoms with Crippen LogP contribution in [0.1, 0.15) is 44.9 Å². The van der Waals surface area contributed by atoms with Crippen molar-refractivity contribution in [3.63, 3.8) is 0 Å². The van der Waals surface area contributed by atoms with E-state index in [1.54, 1.807) is 0 Å². The largest absolute Gasteiger partial charge is 0.314 e. The van der Waals surface area contributed by atoms with E-state index in [0.29, 0.717) is 0 Å². The molecule has 2 rings (SSSR count). The lowest BCUT2D eigenvalue weighted by Crippen LogP contribution is -2.35. The van der Waals surface area contributed by atoms with Crippen molar-refractivity contribution in [2.24, 2.45) is 11.8 Å². The van der Waals surface area contributed by atoms with Gasteiger partial charge < -0.3 is 5.32 Å². The number of rotatable bonds is 6. The fraction of sp³-hybridized carbons (Fsp3) is 1.00. The van der Waals surface area contributed by atoms with Gasteiger partial charge in [-0.05, 0) is 62.5 Å². The zero-order chi connectivity index (χ0) is 10.5. The van der Waals surface area contributed by atoms with Gasteiger partial charge in [0, 0.05) is 6.04 Å². The highest BCUT2D eigenvalue weighted by Gasteiger charge is 2.34. The Morgan fingerprint density at radius 2 is 2.00 bits per heavy atom. The van der Waals surface area contributed by atoms with Crippen LogP contribution in [0.25, 0.3) is 0 Å². The second-order valence-electron chi connectivity index (χ2n) is 5.26. The maximum absolute atomic E-state index is 3.76. The van der Waals surface area contributed by atoms with E-state index in [2.05, 4.69) is 11.6 Å². The van der Waals surface area contributed by atoms with Gasteiger partial charge >= 0.3 is 0 Å². The molecule has 0 amide bonds. The topological polar surface area (TPSA) is 12.0 Å². The standard InChI is InChI=1S/C13H25NS/c1-15-9-3-8-14-13-5-2-4-12(10-13)11-6-7-11/h11-14H,2-10H2,1H3. The van der Waals surface area contributed by atoms with E-state index in [9.17, 15) is 0 Å². The molecule has 88 valence electrons. The normalized spacial score (nSPS) is 31.8. The average Bonchev–Trinajstić information content (AvgIpc) is 3.09. The highest BCUT2D eigenvalue weighted by Crippen LogP contribution is 2.43. The van der Waals surface area contributed by atoms with E-state index < -0.39 is 0 Å². The molecule has 2 heteroatoms. The highest BCUT2D eigenvalue weighted by molar-refractivity contribution is 7.98. The third kappa shape index (κ3) is 3.99. The molecule has 2 fully saturated rings. The van der Waals surface area contributed by atoms with Gasteiger partial charge in [-0.3, -0.25) is 0 Å². The van der Waals surface area contributed by atoms with Gasteiger partial charge in [-0.1, -0.05) is 12.8 Å². The quantitative estimate of drug-likeness (QED) is 0.699. The summed E-state index contributed by atoms with van der Waals surface area (Å²) in [4.78, 5) is 0. The summed E-state index contributed by atoms with van der Waals surface area (Å²) in [5.74, 6) is 3.52. The van der Waals surface area contributed by atoms with Crippen LogP contribution in [0.5, 0.6) is 0 Å². The van der Waals surface area contributed by atoms with E-state index in [0.717, 1.165) is 17.9 Å². The van der Waals surface area contributed by atoms with Crippen molar-refractivity contribution in [1.29, 1.82) is 0 Å². The third-order valence-electron chi connectivity index (χ3n) is 3.96. The summed E-state index contributed by atoms with van der Waals surface area (Å²) >= 11 is 1.96. The van der Waals surface area contributed by atoms with Crippen molar-refractivity contribution in [2.75, 3.05) is 18.6 Å². The van der Waals surface area contributed by atoms with Gasteiger partial charge in [0.05, 0.1) is 0 Å². The Labute approximate surface area is 98.8 Å². The molecule has 0 aromatic rings. The fourth-order valence-corrected chi connectivity index (χ4v) is 3.36. The van der Waals surface area contributed by atoms with Crippen LogP contribution in [0.15, 0.2) is 0 Å². The Morgan fingerprint density at radius 3 is 2.73 bits per heavy atom. The fourth-order valence-electron chi connectivity index (χ4n) is 2.93.